The molecule has 1 fully saturated rings. The van der Waals surface area contributed by atoms with Crippen LogP contribution in [0, 0.1) is 0 Å². The number of fused-ring (bicyclic) bond motifs is 1. The zero-order valence-electron chi connectivity index (χ0n) is 19.6. The molecule has 0 radical (unpaired) electrons. The molecule has 0 spiro atoms. The second kappa shape index (κ2) is 9.69. The first-order valence-electron chi connectivity index (χ1n) is 11.7. The molecule has 34 heavy (non-hydrogen) atoms. The summed E-state index contributed by atoms with van der Waals surface area (Å²) < 4.78 is 11.3. The number of methoxy groups -OCH3 is 1. The fraction of sp³-hybridized carbons (Fsp3) is 0.286. The summed E-state index contributed by atoms with van der Waals surface area (Å²) in [5.41, 5.74) is 6.70. The van der Waals surface area contributed by atoms with Crippen LogP contribution in [0.4, 0.5) is 5.69 Å². The Bertz CT molecular complexity index is 1210. The molecule has 1 aromatic heterocycles. The number of carbonyl (C=O) groups excluding carboxylic acids is 1. The lowest BCUT2D eigenvalue weighted by Gasteiger charge is -2.26. The Kier molecular flexibility index (Phi) is 6.32. The van der Waals surface area contributed by atoms with Crippen molar-refractivity contribution in [3.63, 3.8) is 0 Å². The highest BCUT2D eigenvalue weighted by Crippen LogP contribution is 2.35. The maximum Gasteiger partial charge on any atom is 0.257 e. The number of nitrogens with zero attached hydrogens (tertiary/aromatic N) is 2. The van der Waals surface area contributed by atoms with Gasteiger partial charge in [0, 0.05) is 35.6 Å². The monoisotopic (exact) mass is 455 g/mol. The van der Waals surface area contributed by atoms with Gasteiger partial charge in [0.25, 0.3) is 5.91 Å². The third-order valence-electron chi connectivity index (χ3n) is 6.60. The van der Waals surface area contributed by atoms with Crippen molar-refractivity contribution in [2.75, 3.05) is 38.7 Å². The molecule has 6 heteroatoms. The predicted molar refractivity (Wildman–Crippen MR) is 134 cm³/mol. The van der Waals surface area contributed by atoms with Crippen LogP contribution in [0.1, 0.15) is 35.7 Å². The van der Waals surface area contributed by atoms with Crippen molar-refractivity contribution in [2.24, 2.45) is 0 Å². The molecule has 0 saturated carbocycles. The second-order valence-corrected chi connectivity index (χ2v) is 8.83. The Balaban J connectivity index is 1.26. The summed E-state index contributed by atoms with van der Waals surface area (Å²) in [7, 11) is 1.64. The van der Waals surface area contributed by atoms with Gasteiger partial charge < -0.3 is 14.8 Å². The van der Waals surface area contributed by atoms with Crippen LogP contribution in [0.3, 0.4) is 0 Å². The third-order valence-corrected chi connectivity index (χ3v) is 6.60. The Morgan fingerprint density at radius 2 is 1.88 bits per heavy atom. The van der Waals surface area contributed by atoms with E-state index < -0.39 is 0 Å². The molecule has 0 atom stereocenters. The molecule has 2 aliphatic heterocycles. The van der Waals surface area contributed by atoms with Crippen molar-refractivity contribution in [3.05, 3.63) is 77.5 Å². The minimum absolute atomic E-state index is 0.202. The van der Waals surface area contributed by atoms with Crippen LogP contribution in [-0.2, 0) is 0 Å². The normalized spacial score (nSPS) is 15.6. The number of ether oxygens (including phenoxy) is 2. The van der Waals surface area contributed by atoms with Crippen molar-refractivity contribution in [3.8, 4) is 22.8 Å². The van der Waals surface area contributed by atoms with Crippen molar-refractivity contribution < 1.29 is 14.3 Å². The molecule has 0 unspecified atom stereocenters. The van der Waals surface area contributed by atoms with Crippen molar-refractivity contribution in [1.29, 1.82) is 0 Å². The minimum Gasteiger partial charge on any atom is -0.497 e. The summed E-state index contributed by atoms with van der Waals surface area (Å²) in [5, 5.41) is 2.97. The van der Waals surface area contributed by atoms with Gasteiger partial charge in [0.05, 0.1) is 18.4 Å². The standard InChI is InChI=1S/C28H29N3O3/c1-19-22(17-31-13-3-4-14-31)18-34-27-15-23(8-11-25(19)27)30-28(32)21-7-12-26(29-16-21)20-5-9-24(33-2)10-6-20/h5-12,15-16H,3-4,13-14,17-18H2,1-2H3,(H,30,32). The van der Waals surface area contributed by atoms with E-state index >= 15 is 0 Å². The molecular weight excluding hydrogens is 426 g/mol. The number of benzene rings is 2. The zero-order chi connectivity index (χ0) is 23.5. The van der Waals surface area contributed by atoms with Crippen molar-refractivity contribution in [2.45, 2.75) is 19.8 Å². The lowest BCUT2D eigenvalue weighted by atomic mass is 9.97. The van der Waals surface area contributed by atoms with Crippen LogP contribution in [0.25, 0.3) is 16.8 Å². The van der Waals surface area contributed by atoms with Crippen LogP contribution in [-0.4, -0.2) is 49.1 Å². The fourth-order valence-corrected chi connectivity index (χ4v) is 4.53. The number of likely N-dealkylation sites (tertiary alicyclic amines) is 1. The smallest absolute Gasteiger partial charge is 0.257 e. The van der Waals surface area contributed by atoms with Gasteiger partial charge in [0.1, 0.15) is 18.1 Å². The van der Waals surface area contributed by atoms with Gasteiger partial charge >= 0.3 is 0 Å². The van der Waals surface area contributed by atoms with Crippen molar-refractivity contribution in [1.82, 2.24) is 9.88 Å². The Hall–Kier alpha value is -3.64. The first kappa shape index (κ1) is 22.2. The number of pyridine rings is 1. The first-order chi connectivity index (χ1) is 16.6. The summed E-state index contributed by atoms with van der Waals surface area (Å²) in [6, 6.07) is 17.2. The fourth-order valence-electron chi connectivity index (χ4n) is 4.53. The van der Waals surface area contributed by atoms with Gasteiger partial charge in [-0.3, -0.25) is 14.7 Å². The molecule has 3 heterocycles. The predicted octanol–water partition coefficient (Wildman–Crippen LogP) is 5.27. The molecule has 3 aromatic rings. The maximum atomic E-state index is 12.8. The zero-order valence-corrected chi connectivity index (χ0v) is 19.6. The van der Waals surface area contributed by atoms with Gasteiger partial charge in [-0.05, 0) is 92.5 Å². The average Bonchev–Trinajstić information content (AvgIpc) is 3.39. The quantitative estimate of drug-likeness (QED) is 0.549. The number of anilines is 1. The molecule has 2 aromatic carbocycles. The first-order valence-corrected chi connectivity index (χ1v) is 11.7. The van der Waals surface area contributed by atoms with Gasteiger partial charge in [0.15, 0.2) is 0 Å². The van der Waals surface area contributed by atoms with Crippen LogP contribution < -0.4 is 14.8 Å². The molecule has 1 saturated heterocycles. The van der Waals surface area contributed by atoms with E-state index in [9.17, 15) is 4.79 Å². The van der Waals surface area contributed by atoms with E-state index in [1.807, 2.05) is 48.5 Å². The molecule has 1 N–H and O–H groups in total. The Labute approximate surface area is 200 Å². The van der Waals surface area contributed by atoms with E-state index in [0.29, 0.717) is 17.9 Å². The topological polar surface area (TPSA) is 63.7 Å². The van der Waals surface area contributed by atoms with Crippen molar-refractivity contribution >= 4 is 17.2 Å². The van der Waals surface area contributed by atoms with Crippen LogP contribution in [0.2, 0.25) is 0 Å². The molecule has 0 bridgehead atoms. The minimum atomic E-state index is -0.202. The molecule has 2 aliphatic rings. The van der Waals surface area contributed by atoms with Gasteiger partial charge in [-0.25, -0.2) is 0 Å². The summed E-state index contributed by atoms with van der Waals surface area (Å²) in [6.07, 6.45) is 4.17. The summed E-state index contributed by atoms with van der Waals surface area (Å²) in [6.45, 7) is 6.09. The third kappa shape index (κ3) is 4.68. The lowest BCUT2D eigenvalue weighted by molar-refractivity contribution is 0.102. The number of hydrogen-bond acceptors (Lipinski definition) is 5. The highest BCUT2D eigenvalue weighted by Gasteiger charge is 2.21. The largest absolute Gasteiger partial charge is 0.497 e. The van der Waals surface area contributed by atoms with Gasteiger partial charge in [0.2, 0.25) is 0 Å². The Morgan fingerprint density at radius 3 is 2.59 bits per heavy atom. The van der Waals surface area contributed by atoms with E-state index in [2.05, 4.69) is 22.1 Å². The van der Waals surface area contributed by atoms with E-state index in [0.717, 1.165) is 34.9 Å². The van der Waals surface area contributed by atoms with E-state index in [1.165, 1.54) is 37.1 Å². The van der Waals surface area contributed by atoms with Crippen LogP contribution in [0.5, 0.6) is 11.5 Å². The number of hydrogen-bond donors (Lipinski definition) is 1. The summed E-state index contributed by atoms with van der Waals surface area (Å²) in [5.74, 6) is 1.40. The summed E-state index contributed by atoms with van der Waals surface area (Å²) >= 11 is 0. The molecule has 5 rings (SSSR count). The average molecular weight is 456 g/mol. The molecule has 1 amide bonds. The lowest BCUT2D eigenvalue weighted by Crippen LogP contribution is -2.26. The maximum absolute atomic E-state index is 12.8. The van der Waals surface area contributed by atoms with Gasteiger partial charge in [-0.2, -0.15) is 0 Å². The number of amides is 1. The van der Waals surface area contributed by atoms with Gasteiger partial charge in [-0.15, -0.1) is 0 Å². The van der Waals surface area contributed by atoms with E-state index in [4.69, 9.17) is 9.47 Å². The molecule has 6 nitrogen and oxygen atoms in total. The van der Waals surface area contributed by atoms with E-state index in [1.54, 1.807) is 19.4 Å². The number of allylic oxidation sites excluding steroid dienone is 1. The van der Waals surface area contributed by atoms with E-state index in [-0.39, 0.29) is 5.91 Å². The highest BCUT2D eigenvalue weighted by atomic mass is 16.5. The van der Waals surface area contributed by atoms with Crippen LogP contribution >= 0.6 is 0 Å². The Morgan fingerprint density at radius 1 is 1.09 bits per heavy atom. The second-order valence-electron chi connectivity index (χ2n) is 8.83. The summed E-state index contributed by atoms with van der Waals surface area (Å²) in [4.78, 5) is 19.8. The highest BCUT2D eigenvalue weighted by molar-refractivity contribution is 6.04. The van der Waals surface area contributed by atoms with Crippen LogP contribution in [0.15, 0.2) is 66.4 Å². The molecule has 0 aliphatic carbocycles. The number of carbonyl (C=O) groups is 1. The number of aromatic nitrogens is 1. The number of rotatable bonds is 6. The van der Waals surface area contributed by atoms with Gasteiger partial charge in [-0.1, -0.05) is 0 Å². The SMILES string of the molecule is COc1ccc(-c2ccc(C(=O)Nc3ccc4c(c3)OCC(CN3CCCC3)=C4C)cn2)cc1. The molecule has 174 valence electrons. The molecular formula is C28H29N3O3. The number of nitrogens with one attached hydrogen (secondary N) is 1.